The fourth-order valence-electron chi connectivity index (χ4n) is 2.39. The van der Waals surface area contributed by atoms with Crippen molar-refractivity contribution < 1.29 is 19.0 Å². The number of ether oxygens (including phenoxy) is 3. The van der Waals surface area contributed by atoms with Crippen molar-refractivity contribution in [2.45, 2.75) is 4.34 Å². The number of amides is 1. The van der Waals surface area contributed by atoms with Gasteiger partial charge in [0, 0.05) is 23.9 Å². The van der Waals surface area contributed by atoms with Gasteiger partial charge in [-0.15, -0.1) is 10.2 Å². The van der Waals surface area contributed by atoms with E-state index in [4.69, 9.17) is 14.2 Å². The number of carbonyl (C=O) groups excluding carboxylic acids is 1. The summed E-state index contributed by atoms with van der Waals surface area (Å²) in [6.07, 6.45) is 0. The van der Waals surface area contributed by atoms with Crippen LogP contribution in [-0.4, -0.2) is 43.2 Å². The normalized spacial score (nSPS) is 10.3. The van der Waals surface area contributed by atoms with Crippen LogP contribution >= 0.6 is 23.1 Å². The van der Waals surface area contributed by atoms with Gasteiger partial charge in [0.25, 0.3) is 0 Å². The Kier molecular flexibility index (Phi) is 7.14. The molecule has 152 valence electrons. The number of para-hydroxylation sites is 2. The molecule has 0 bridgehead atoms. The molecule has 0 atom stereocenters. The van der Waals surface area contributed by atoms with Crippen LogP contribution in [0.1, 0.15) is 0 Å². The van der Waals surface area contributed by atoms with Crippen molar-refractivity contribution in [1.29, 1.82) is 0 Å². The van der Waals surface area contributed by atoms with Crippen LogP contribution in [0.15, 0.2) is 46.8 Å². The van der Waals surface area contributed by atoms with E-state index in [9.17, 15) is 4.79 Å². The third kappa shape index (κ3) is 5.75. The van der Waals surface area contributed by atoms with Crippen molar-refractivity contribution in [3.05, 3.63) is 42.5 Å². The molecule has 2 aromatic carbocycles. The summed E-state index contributed by atoms with van der Waals surface area (Å²) in [5, 5.41) is 14.8. The minimum Gasteiger partial charge on any atom is -0.497 e. The number of carbonyl (C=O) groups is 1. The molecule has 0 spiro atoms. The van der Waals surface area contributed by atoms with E-state index in [-0.39, 0.29) is 11.7 Å². The van der Waals surface area contributed by atoms with Gasteiger partial charge in [0.2, 0.25) is 11.0 Å². The molecule has 3 aromatic rings. The predicted octanol–water partition coefficient (Wildman–Crippen LogP) is 4.04. The Balaban J connectivity index is 1.56. The quantitative estimate of drug-likeness (QED) is 0.489. The van der Waals surface area contributed by atoms with E-state index >= 15 is 0 Å². The van der Waals surface area contributed by atoms with E-state index < -0.39 is 0 Å². The van der Waals surface area contributed by atoms with Crippen molar-refractivity contribution in [2.24, 2.45) is 0 Å². The maximum absolute atomic E-state index is 12.3. The smallest absolute Gasteiger partial charge is 0.234 e. The second kappa shape index (κ2) is 9.99. The summed E-state index contributed by atoms with van der Waals surface area (Å²) in [6, 6.07) is 12.7. The molecule has 1 amide bonds. The lowest BCUT2D eigenvalue weighted by Gasteiger charge is -2.09. The lowest BCUT2D eigenvalue weighted by atomic mass is 10.2. The van der Waals surface area contributed by atoms with E-state index in [0.29, 0.717) is 32.4 Å². The molecule has 0 saturated carbocycles. The lowest BCUT2D eigenvalue weighted by Crippen LogP contribution is -2.14. The maximum Gasteiger partial charge on any atom is 0.234 e. The molecule has 10 heteroatoms. The summed E-state index contributed by atoms with van der Waals surface area (Å²) < 4.78 is 16.4. The number of nitrogens with zero attached hydrogens (tertiary/aromatic N) is 2. The van der Waals surface area contributed by atoms with Gasteiger partial charge >= 0.3 is 0 Å². The fourth-order valence-corrected chi connectivity index (χ4v) is 3.95. The third-order valence-electron chi connectivity index (χ3n) is 3.72. The molecule has 0 aliphatic heterocycles. The number of anilines is 3. The summed E-state index contributed by atoms with van der Waals surface area (Å²) in [5.41, 5.74) is 1.40. The zero-order chi connectivity index (χ0) is 20.6. The molecule has 2 N–H and O–H groups in total. The van der Waals surface area contributed by atoms with Gasteiger partial charge in [-0.2, -0.15) is 0 Å². The van der Waals surface area contributed by atoms with Gasteiger partial charge in [-0.25, -0.2) is 0 Å². The minimum absolute atomic E-state index is 0.167. The molecule has 0 aliphatic rings. The summed E-state index contributed by atoms with van der Waals surface area (Å²) in [6.45, 7) is 0. The monoisotopic (exact) mass is 432 g/mol. The number of aromatic nitrogens is 2. The van der Waals surface area contributed by atoms with E-state index in [1.807, 2.05) is 24.3 Å². The van der Waals surface area contributed by atoms with Crippen LogP contribution < -0.4 is 24.8 Å². The van der Waals surface area contributed by atoms with Gasteiger partial charge in [-0.3, -0.25) is 4.79 Å². The maximum atomic E-state index is 12.3. The number of hydrogen-bond donors (Lipinski definition) is 2. The predicted molar refractivity (Wildman–Crippen MR) is 115 cm³/mol. The molecule has 29 heavy (non-hydrogen) atoms. The summed E-state index contributed by atoms with van der Waals surface area (Å²) in [4.78, 5) is 12.3. The molecule has 0 saturated heterocycles. The summed E-state index contributed by atoms with van der Waals surface area (Å²) in [7, 11) is 4.73. The van der Waals surface area contributed by atoms with Gasteiger partial charge in [0.1, 0.15) is 17.2 Å². The minimum atomic E-state index is -0.167. The van der Waals surface area contributed by atoms with Crippen LogP contribution in [0.25, 0.3) is 0 Å². The molecule has 0 radical (unpaired) electrons. The Labute approximate surface area is 176 Å². The zero-order valence-electron chi connectivity index (χ0n) is 16.1. The number of methoxy groups -OCH3 is 3. The first-order valence-electron chi connectivity index (χ1n) is 8.50. The zero-order valence-corrected chi connectivity index (χ0v) is 17.7. The molecule has 1 aromatic heterocycles. The average molecular weight is 433 g/mol. The van der Waals surface area contributed by atoms with E-state index in [1.165, 1.54) is 23.1 Å². The lowest BCUT2D eigenvalue weighted by molar-refractivity contribution is -0.113. The molecule has 0 aliphatic carbocycles. The summed E-state index contributed by atoms with van der Waals surface area (Å²) >= 11 is 2.67. The number of nitrogens with one attached hydrogen (secondary N) is 2. The number of hydrogen-bond acceptors (Lipinski definition) is 9. The Morgan fingerprint density at radius 3 is 2.45 bits per heavy atom. The van der Waals surface area contributed by atoms with Gasteiger partial charge in [0.05, 0.1) is 32.8 Å². The first kappa shape index (κ1) is 20.7. The Morgan fingerprint density at radius 1 is 1.03 bits per heavy atom. The van der Waals surface area contributed by atoms with Crippen molar-refractivity contribution in [3.8, 4) is 17.2 Å². The van der Waals surface area contributed by atoms with Crippen LogP contribution in [0.4, 0.5) is 16.5 Å². The Bertz CT molecular complexity index is 958. The third-order valence-corrected chi connectivity index (χ3v) is 5.69. The van der Waals surface area contributed by atoms with E-state index in [1.54, 1.807) is 39.5 Å². The average Bonchev–Trinajstić information content (AvgIpc) is 3.19. The Hall–Kier alpha value is -2.98. The molecule has 3 rings (SSSR count). The van der Waals surface area contributed by atoms with Crippen molar-refractivity contribution >= 4 is 45.5 Å². The SMILES string of the molecule is COc1cc(NC(=O)CSc2nnc(Nc3ccccc3OC)s2)cc(OC)c1. The number of rotatable bonds is 9. The number of thioether (sulfide) groups is 1. The largest absolute Gasteiger partial charge is 0.497 e. The standard InChI is InChI=1S/C19H20N4O4S2/c1-25-13-8-12(9-14(10-13)26-2)20-17(24)11-28-19-23-22-18(29-19)21-15-6-4-5-7-16(15)27-3/h4-10H,11H2,1-3H3,(H,20,24)(H,21,22). The highest BCUT2D eigenvalue weighted by Gasteiger charge is 2.11. The van der Waals surface area contributed by atoms with Gasteiger partial charge in [-0.05, 0) is 12.1 Å². The van der Waals surface area contributed by atoms with Crippen LogP contribution in [-0.2, 0) is 4.79 Å². The molecular weight excluding hydrogens is 412 g/mol. The second-order valence-electron chi connectivity index (χ2n) is 5.64. The highest BCUT2D eigenvalue weighted by molar-refractivity contribution is 8.01. The summed E-state index contributed by atoms with van der Waals surface area (Å²) in [5.74, 6) is 1.94. The van der Waals surface area contributed by atoms with Gasteiger partial charge in [0.15, 0.2) is 4.34 Å². The van der Waals surface area contributed by atoms with Gasteiger partial charge < -0.3 is 24.8 Å². The first-order valence-corrected chi connectivity index (χ1v) is 10.3. The van der Waals surface area contributed by atoms with Crippen molar-refractivity contribution in [1.82, 2.24) is 10.2 Å². The van der Waals surface area contributed by atoms with Crippen LogP contribution in [0.5, 0.6) is 17.2 Å². The van der Waals surface area contributed by atoms with E-state index in [0.717, 1.165) is 5.69 Å². The van der Waals surface area contributed by atoms with E-state index in [2.05, 4.69) is 20.8 Å². The highest BCUT2D eigenvalue weighted by atomic mass is 32.2. The molecule has 1 heterocycles. The molecule has 8 nitrogen and oxygen atoms in total. The topological polar surface area (TPSA) is 94.6 Å². The van der Waals surface area contributed by atoms with Gasteiger partial charge in [-0.1, -0.05) is 35.2 Å². The van der Waals surface area contributed by atoms with Crippen molar-refractivity contribution in [2.75, 3.05) is 37.7 Å². The van der Waals surface area contributed by atoms with Crippen LogP contribution in [0.3, 0.4) is 0 Å². The Morgan fingerprint density at radius 2 is 1.76 bits per heavy atom. The first-order chi connectivity index (χ1) is 14.1. The number of benzene rings is 2. The molecule has 0 unspecified atom stereocenters. The van der Waals surface area contributed by atoms with Crippen molar-refractivity contribution in [3.63, 3.8) is 0 Å². The molecule has 0 fully saturated rings. The molecular formula is C19H20N4O4S2. The second-order valence-corrected chi connectivity index (χ2v) is 7.84. The van der Waals surface area contributed by atoms with Crippen LogP contribution in [0, 0.1) is 0 Å². The highest BCUT2D eigenvalue weighted by Crippen LogP contribution is 2.31. The van der Waals surface area contributed by atoms with Crippen LogP contribution in [0.2, 0.25) is 0 Å². The fraction of sp³-hybridized carbons (Fsp3) is 0.211.